The molecule has 208 valence electrons. The topological polar surface area (TPSA) is 123 Å². The summed E-state index contributed by atoms with van der Waals surface area (Å²) >= 11 is 2.20. The molecule has 0 radical (unpaired) electrons. The summed E-state index contributed by atoms with van der Waals surface area (Å²) in [7, 11) is -3.47. The highest BCUT2D eigenvalue weighted by Gasteiger charge is 2.32. The number of aliphatic imine (C=N–C) groups is 1. The van der Waals surface area contributed by atoms with Crippen molar-refractivity contribution in [1.29, 1.82) is 0 Å². The molecular formula is C28H36IN7O2S. The Balaban J connectivity index is 1.50. The molecule has 3 aromatic rings. The number of anilines is 4. The van der Waals surface area contributed by atoms with Crippen LogP contribution in [-0.2, 0) is 16.4 Å². The van der Waals surface area contributed by atoms with Gasteiger partial charge in [0.05, 0.1) is 45.2 Å². The van der Waals surface area contributed by atoms with E-state index in [-0.39, 0.29) is 0 Å². The van der Waals surface area contributed by atoms with Gasteiger partial charge in [-0.15, -0.1) is 0 Å². The Morgan fingerprint density at radius 2 is 1.95 bits per heavy atom. The highest BCUT2D eigenvalue weighted by Crippen LogP contribution is 2.36. The first kappa shape index (κ1) is 29.1. The molecule has 0 aliphatic carbocycles. The van der Waals surface area contributed by atoms with Gasteiger partial charge in [-0.05, 0) is 93.4 Å². The van der Waals surface area contributed by atoms with Crippen molar-refractivity contribution in [3.05, 3.63) is 72.1 Å². The number of aryl methyl sites for hydroxylation is 1. The van der Waals surface area contributed by atoms with Gasteiger partial charge in [-0.25, -0.2) is 13.4 Å². The van der Waals surface area contributed by atoms with Crippen LogP contribution in [-0.4, -0.2) is 58.7 Å². The molecule has 4 N–H and O–H groups in total. The Hall–Kier alpha value is -2.90. The average Bonchev–Trinajstić information content (AvgIpc) is 3.24. The van der Waals surface area contributed by atoms with E-state index in [1.54, 1.807) is 24.5 Å². The van der Waals surface area contributed by atoms with Crippen molar-refractivity contribution in [2.75, 3.05) is 42.5 Å². The Bertz CT molecular complexity index is 1420. The fraction of sp³-hybridized carbons (Fsp3) is 0.357. The van der Waals surface area contributed by atoms with Gasteiger partial charge in [-0.2, -0.15) is 0 Å². The summed E-state index contributed by atoms with van der Waals surface area (Å²) in [6, 6.07) is 11.1. The number of halogens is 1. The Kier molecular flexibility index (Phi) is 9.67. The van der Waals surface area contributed by atoms with Crippen LogP contribution < -0.4 is 16.4 Å². The fourth-order valence-electron chi connectivity index (χ4n) is 4.93. The molecule has 1 saturated heterocycles. The summed E-state index contributed by atoms with van der Waals surface area (Å²) in [5, 5.41) is -0.402. The van der Waals surface area contributed by atoms with E-state index in [2.05, 4.69) is 42.6 Å². The van der Waals surface area contributed by atoms with E-state index in [9.17, 15) is 8.42 Å². The van der Waals surface area contributed by atoms with Gasteiger partial charge in [0.25, 0.3) is 0 Å². The molecule has 0 amide bonds. The van der Waals surface area contributed by atoms with E-state index >= 15 is 0 Å². The van der Waals surface area contributed by atoms with Crippen LogP contribution >= 0.6 is 22.9 Å². The standard InChI is InChI=1S/C28H36IN7O2S/c1-3-4-11-32-13-17-35(28-25(30)10-16-36(28)29)26-6-5-24(18-21(26)2)39(37,38)23-8-14-34(15-9-23)20-22-7-12-33-27(31)19-22/h3-7,10-12,16,18-19,23H,8-9,13-15,17,20,30H2,1-2H3,(H2,31,33)/b4-3-,32-11?. The number of nitrogens with two attached hydrogens (primary N) is 2. The molecule has 1 aromatic carbocycles. The maximum Gasteiger partial charge on any atom is 0.181 e. The number of benzene rings is 1. The van der Waals surface area contributed by atoms with Crippen LogP contribution in [0, 0.1) is 6.92 Å². The first-order valence-electron chi connectivity index (χ1n) is 13.0. The van der Waals surface area contributed by atoms with Crippen LogP contribution in [0.5, 0.6) is 0 Å². The van der Waals surface area contributed by atoms with Gasteiger partial charge >= 0.3 is 0 Å². The maximum atomic E-state index is 13.6. The summed E-state index contributed by atoms with van der Waals surface area (Å²) in [6.45, 7) is 7.24. The molecule has 0 bridgehead atoms. The molecule has 1 aliphatic heterocycles. The predicted molar refractivity (Wildman–Crippen MR) is 169 cm³/mol. The number of hydrogen-bond acceptors (Lipinski definition) is 8. The number of nitrogen functional groups attached to an aromatic ring is 2. The summed E-state index contributed by atoms with van der Waals surface area (Å²) < 4.78 is 29.2. The second-order valence-electron chi connectivity index (χ2n) is 9.70. The van der Waals surface area contributed by atoms with Crippen LogP contribution in [0.25, 0.3) is 0 Å². The van der Waals surface area contributed by atoms with Crippen molar-refractivity contribution in [1.82, 2.24) is 12.7 Å². The van der Waals surface area contributed by atoms with Crippen molar-refractivity contribution in [2.45, 2.75) is 43.4 Å². The number of hydrogen-bond donors (Lipinski definition) is 2. The minimum atomic E-state index is -3.47. The second kappa shape index (κ2) is 13.0. The van der Waals surface area contributed by atoms with Gasteiger partial charge in [0.15, 0.2) is 9.84 Å². The molecule has 0 atom stereocenters. The number of pyridine rings is 1. The zero-order chi connectivity index (χ0) is 28.0. The molecule has 9 nitrogen and oxygen atoms in total. The van der Waals surface area contributed by atoms with Gasteiger partial charge in [0.2, 0.25) is 0 Å². The lowest BCUT2D eigenvalue weighted by molar-refractivity contribution is 0.222. The van der Waals surface area contributed by atoms with Crippen molar-refractivity contribution >= 4 is 61.9 Å². The molecule has 39 heavy (non-hydrogen) atoms. The largest absolute Gasteiger partial charge is 0.396 e. The molecule has 2 aromatic heterocycles. The zero-order valence-electron chi connectivity index (χ0n) is 22.4. The number of nitrogens with zero attached hydrogens (tertiary/aromatic N) is 5. The third-order valence-corrected chi connectivity index (χ3v) is 9.99. The third-order valence-electron chi connectivity index (χ3n) is 6.95. The number of likely N-dealkylation sites (tertiary alicyclic amines) is 1. The van der Waals surface area contributed by atoms with Crippen molar-refractivity contribution in [3.63, 3.8) is 0 Å². The van der Waals surface area contributed by atoms with Gasteiger partial charge in [-0.3, -0.25) is 12.7 Å². The van der Waals surface area contributed by atoms with E-state index < -0.39 is 15.1 Å². The van der Waals surface area contributed by atoms with Gasteiger partial charge in [0.1, 0.15) is 11.6 Å². The van der Waals surface area contributed by atoms with Crippen LogP contribution in [0.2, 0.25) is 0 Å². The van der Waals surface area contributed by atoms with Crippen LogP contribution in [0.4, 0.5) is 23.0 Å². The summed E-state index contributed by atoms with van der Waals surface area (Å²) in [4.78, 5) is 13.3. The molecule has 3 heterocycles. The van der Waals surface area contributed by atoms with E-state index in [1.807, 2.05) is 59.2 Å². The van der Waals surface area contributed by atoms with Crippen LogP contribution in [0.1, 0.15) is 30.9 Å². The van der Waals surface area contributed by atoms with E-state index in [0.717, 1.165) is 42.3 Å². The number of piperidine rings is 1. The van der Waals surface area contributed by atoms with E-state index in [4.69, 9.17) is 11.5 Å². The molecule has 1 fully saturated rings. The monoisotopic (exact) mass is 661 g/mol. The SMILES string of the molecule is C/C=C\C=NCCN(c1ccc(S(=O)(=O)C2CCN(Cc3ccnc(N)c3)CC2)cc1C)c1c(N)ccn1I. The predicted octanol–water partition coefficient (Wildman–Crippen LogP) is 4.78. The summed E-state index contributed by atoms with van der Waals surface area (Å²) in [5.74, 6) is 1.34. The van der Waals surface area contributed by atoms with Gasteiger partial charge in [0, 0.05) is 37.4 Å². The molecule has 0 spiro atoms. The van der Waals surface area contributed by atoms with Crippen molar-refractivity contribution < 1.29 is 8.42 Å². The summed E-state index contributed by atoms with van der Waals surface area (Å²) in [5.41, 5.74) is 15.6. The lowest BCUT2D eigenvalue weighted by atomic mass is 10.1. The fourth-order valence-corrected chi connectivity index (χ4v) is 7.45. The Morgan fingerprint density at radius 3 is 2.59 bits per heavy atom. The Morgan fingerprint density at radius 1 is 1.18 bits per heavy atom. The quantitative estimate of drug-likeness (QED) is 0.237. The smallest absolute Gasteiger partial charge is 0.181 e. The maximum absolute atomic E-state index is 13.6. The van der Waals surface area contributed by atoms with E-state index in [0.29, 0.717) is 42.3 Å². The highest BCUT2D eigenvalue weighted by molar-refractivity contribution is 14.1. The second-order valence-corrected chi connectivity index (χ2v) is 13.0. The third kappa shape index (κ3) is 7.00. The first-order chi connectivity index (χ1) is 18.7. The molecular weight excluding hydrogens is 625 g/mol. The number of sulfone groups is 1. The zero-order valence-corrected chi connectivity index (χ0v) is 25.3. The first-order valence-corrected chi connectivity index (χ1v) is 15.5. The number of aromatic nitrogens is 2. The Labute approximate surface area is 245 Å². The molecule has 0 unspecified atom stereocenters. The molecule has 4 rings (SSSR count). The van der Waals surface area contributed by atoms with Crippen LogP contribution in [0.3, 0.4) is 0 Å². The van der Waals surface area contributed by atoms with Crippen molar-refractivity contribution in [3.8, 4) is 0 Å². The van der Waals surface area contributed by atoms with Crippen LogP contribution in [0.15, 0.2) is 70.8 Å². The van der Waals surface area contributed by atoms with Gasteiger partial charge in [-0.1, -0.05) is 6.08 Å². The molecule has 11 heteroatoms. The summed E-state index contributed by atoms with van der Waals surface area (Å²) in [6.07, 6.45) is 10.4. The lowest BCUT2D eigenvalue weighted by Crippen LogP contribution is -2.39. The van der Waals surface area contributed by atoms with E-state index in [1.165, 1.54) is 0 Å². The van der Waals surface area contributed by atoms with Gasteiger partial charge < -0.3 is 16.4 Å². The normalized spacial score (nSPS) is 15.5. The molecule has 1 aliphatic rings. The average molecular weight is 662 g/mol. The molecule has 0 saturated carbocycles. The van der Waals surface area contributed by atoms with Crippen molar-refractivity contribution in [2.24, 2.45) is 4.99 Å². The minimum absolute atomic E-state index is 0.369. The number of rotatable bonds is 10. The lowest BCUT2D eigenvalue weighted by Gasteiger charge is -2.32. The minimum Gasteiger partial charge on any atom is -0.396 e. The highest BCUT2D eigenvalue weighted by atomic mass is 127. The number of allylic oxidation sites excluding steroid dienone is 2.